The summed E-state index contributed by atoms with van der Waals surface area (Å²) in [6, 6.07) is 17.4. The molecule has 0 saturated carbocycles. The molecule has 0 aliphatic heterocycles. The zero-order valence-electron chi connectivity index (χ0n) is 18.0. The van der Waals surface area contributed by atoms with E-state index in [1.54, 1.807) is 6.07 Å². The van der Waals surface area contributed by atoms with Crippen LogP contribution in [-0.4, -0.2) is 27.0 Å². The number of nitrogens with one attached hydrogen (secondary N) is 2. The summed E-state index contributed by atoms with van der Waals surface area (Å²) >= 11 is 0. The van der Waals surface area contributed by atoms with Gasteiger partial charge in [0.1, 0.15) is 5.82 Å². The molecule has 6 nitrogen and oxygen atoms in total. The highest BCUT2D eigenvalue weighted by atomic mass is 16.2. The fourth-order valence-corrected chi connectivity index (χ4v) is 4.12. The minimum absolute atomic E-state index is 0.205. The van der Waals surface area contributed by atoms with Gasteiger partial charge in [-0.05, 0) is 44.9 Å². The van der Waals surface area contributed by atoms with E-state index in [2.05, 4.69) is 46.9 Å². The quantitative estimate of drug-likeness (QED) is 0.412. The van der Waals surface area contributed by atoms with Gasteiger partial charge in [0.05, 0.1) is 16.6 Å². The lowest BCUT2D eigenvalue weighted by atomic mass is 10.1. The van der Waals surface area contributed by atoms with Crippen molar-refractivity contribution >= 4 is 27.8 Å². The third kappa shape index (κ3) is 4.53. The zero-order chi connectivity index (χ0) is 21.8. The lowest BCUT2D eigenvalue weighted by molar-refractivity contribution is 0.0954. The highest BCUT2D eigenvalue weighted by Crippen LogP contribution is 2.22. The van der Waals surface area contributed by atoms with Gasteiger partial charge in [0.2, 0.25) is 5.56 Å². The van der Waals surface area contributed by atoms with Crippen molar-refractivity contribution in [2.45, 2.75) is 45.6 Å². The molecule has 160 valence electrons. The minimum Gasteiger partial charge on any atom is -0.352 e. The Kier molecular flexibility index (Phi) is 6.16. The number of nitrogens with zero attached hydrogens (tertiary/aromatic N) is 2. The van der Waals surface area contributed by atoms with E-state index in [1.807, 2.05) is 24.3 Å². The van der Waals surface area contributed by atoms with E-state index >= 15 is 0 Å². The number of rotatable bonds is 8. The number of hydrogen-bond acceptors (Lipinski definition) is 3. The van der Waals surface area contributed by atoms with Crippen LogP contribution in [0.25, 0.3) is 21.9 Å². The molecule has 0 atom stereocenters. The number of carbonyl (C=O) groups excluding carboxylic acids is 1. The number of carbonyl (C=O) groups is 1. The van der Waals surface area contributed by atoms with Gasteiger partial charge in [-0.2, -0.15) is 0 Å². The molecule has 4 aromatic rings. The van der Waals surface area contributed by atoms with Crippen LogP contribution in [-0.2, 0) is 6.42 Å². The molecule has 2 N–H and O–H groups in total. The van der Waals surface area contributed by atoms with Crippen LogP contribution in [0.2, 0.25) is 0 Å². The molecule has 0 fully saturated rings. The number of fused-ring (bicyclic) bond motifs is 2. The molecule has 0 bridgehead atoms. The first-order valence-corrected chi connectivity index (χ1v) is 10.9. The van der Waals surface area contributed by atoms with Gasteiger partial charge in [0.25, 0.3) is 5.91 Å². The number of H-pyrrole nitrogens is 1. The average Bonchev–Trinajstić information content (AvgIpc) is 3.13. The van der Waals surface area contributed by atoms with Gasteiger partial charge < -0.3 is 14.9 Å². The van der Waals surface area contributed by atoms with E-state index in [-0.39, 0.29) is 11.5 Å². The van der Waals surface area contributed by atoms with Gasteiger partial charge in [-0.25, -0.2) is 4.98 Å². The number of aromatic amines is 1. The fourth-order valence-electron chi connectivity index (χ4n) is 4.12. The van der Waals surface area contributed by atoms with Crippen LogP contribution in [0.1, 0.15) is 55.3 Å². The Morgan fingerprint density at radius 2 is 1.84 bits per heavy atom. The predicted octanol–water partition coefficient (Wildman–Crippen LogP) is 4.60. The second-order valence-corrected chi connectivity index (χ2v) is 8.14. The number of amides is 1. The lowest BCUT2D eigenvalue weighted by Crippen LogP contribution is -2.26. The largest absolute Gasteiger partial charge is 0.352 e. The van der Waals surface area contributed by atoms with Crippen molar-refractivity contribution in [3.63, 3.8) is 0 Å². The van der Waals surface area contributed by atoms with E-state index < -0.39 is 0 Å². The summed E-state index contributed by atoms with van der Waals surface area (Å²) in [6.45, 7) is 4.96. The Balaban J connectivity index is 1.31. The number of unbranched alkanes of at least 4 members (excludes halogenated alkanes) is 2. The summed E-state index contributed by atoms with van der Waals surface area (Å²) in [7, 11) is 0. The topological polar surface area (TPSA) is 79.8 Å². The van der Waals surface area contributed by atoms with Crippen LogP contribution in [0.4, 0.5) is 0 Å². The van der Waals surface area contributed by atoms with Gasteiger partial charge in [0, 0.05) is 36.0 Å². The predicted molar refractivity (Wildman–Crippen MR) is 125 cm³/mol. The minimum atomic E-state index is -0.267. The average molecular weight is 417 g/mol. The molecule has 0 radical (unpaired) electrons. The molecule has 2 heterocycles. The van der Waals surface area contributed by atoms with Gasteiger partial charge in [0.15, 0.2) is 0 Å². The van der Waals surface area contributed by atoms with E-state index in [9.17, 15) is 9.59 Å². The van der Waals surface area contributed by atoms with Crippen LogP contribution in [0.5, 0.6) is 0 Å². The molecule has 6 heteroatoms. The summed E-state index contributed by atoms with van der Waals surface area (Å²) in [6.07, 6.45) is 3.81. The smallest absolute Gasteiger partial charge is 0.252 e. The van der Waals surface area contributed by atoms with Crippen LogP contribution in [0.15, 0.2) is 59.4 Å². The van der Waals surface area contributed by atoms with E-state index in [1.165, 1.54) is 11.6 Å². The molecule has 0 unspecified atom stereocenters. The fraction of sp³-hybridized carbons (Fsp3) is 0.320. The van der Waals surface area contributed by atoms with Gasteiger partial charge in [-0.1, -0.05) is 36.8 Å². The summed E-state index contributed by atoms with van der Waals surface area (Å²) in [5.41, 5.74) is 3.06. The Labute approximate surface area is 181 Å². The monoisotopic (exact) mass is 416 g/mol. The molecule has 0 spiro atoms. The van der Waals surface area contributed by atoms with Crippen molar-refractivity contribution in [1.82, 2.24) is 19.9 Å². The number of aromatic nitrogens is 3. The second-order valence-electron chi connectivity index (χ2n) is 8.14. The van der Waals surface area contributed by atoms with Crippen molar-refractivity contribution in [2.75, 3.05) is 6.54 Å². The third-order valence-electron chi connectivity index (χ3n) is 5.54. The molecule has 31 heavy (non-hydrogen) atoms. The number of pyridine rings is 1. The standard InChI is InChI=1S/C25H28N4O2/c1-17(2)29-22-13-8-7-12-21(22)27-23(29)14-4-3-9-15-26-25(31)19-16-24(30)28-20-11-6-5-10-18(19)20/h5-8,10-13,16-17H,3-4,9,14-15H2,1-2H3,(H,26,31)(H,28,30). The Hall–Kier alpha value is -3.41. The van der Waals surface area contributed by atoms with Crippen molar-refractivity contribution in [3.05, 3.63) is 76.3 Å². The molecule has 1 amide bonds. The lowest BCUT2D eigenvalue weighted by Gasteiger charge is -2.13. The van der Waals surface area contributed by atoms with E-state index in [0.29, 0.717) is 23.7 Å². The van der Waals surface area contributed by atoms with Gasteiger partial charge in [-0.3, -0.25) is 9.59 Å². The molecule has 2 aromatic carbocycles. The molecule has 0 aliphatic carbocycles. The zero-order valence-corrected chi connectivity index (χ0v) is 18.0. The second kappa shape index (κ2) is 9.16. The van der Waals surface area contributed by atoms with Crippen LogP contribution >= 0.6 is 0 Å². The molecule has 2 aromatic heterocycles. The first-order chi connectivity index (χ1) is 15.0. The maximum Gasteiger partial charge on any atom is 0.252 e. The summed E-state index contributed by atoms with van der Waals surface area (Å²) < 4.78 is 2.31. The van der Waals surface area contributed by atoms with Gasteiger partial charge >= 0.3 is 0 Å². The van der Waals surface area contributed by atoms with Crippen molar-refractivity contribution in [1.29, 1.82) is 0 Å². The van der Waals surface area contributed by atoms with Gasteiger partial charge in [-0.15, -0.1) is 0 Å². The summed E-state index contributed by atoms with van der Waals surface area (Å²) in [4.78, 5) is 32.0. The summed E-state index contributed by atoms with van der Waals surface area (Å²) in [5.74, 6) is 0.916. The van der Waals surface area contributed by atoms with Crippen LogP contribution in [0.3, 0.4) is 0 Å². The third-order valence-corrected chi connectivity index (χ3v) is 5.54. The number of benzene rings is 2. The number of imidazole rings is 1. The van der Waals surface area contributed by atoms with Crippen LogP contribution in [0, 0.1) is 0 Å². The molecule has 0 saturated heterocycles. The van der Waals surface area contributed by atoms with Crippen molar-refractivity contribution in [3.8, 4) is 0 Å². The Morgan fingerprint density at radius 1 is 1.06 bits per heavy atom. The molecular weight excluding hydrogens is 388 g/mol. The van der Waals surface area contributed by atoms with E-state index in [0.717, 1.165) is 42.4 Å². The highest BCUT2D eigenvalue weighted by molar-refractivity contribution is 6.05. The maximum absolute atomic E-state index is 12.6. The summed E-state index contributed by atoms with van der Waals surface area (Å²) in [5, 5.41) is 3.71. The van der Waals surface area contributed by atoms with E-state index in [4.69, 9.17) is 4.98 Å². The van der Waals surface area contributed by atoms with Crippen LogP contribution < -0.4 is 10.9 Å². The van der Waals surface area contributed by atoms with Crippen molar-refractivity contribution in [2.24, 2.45) is 0 Å². The Bertz CT molecular complexity index is 1270. The molecule has 0 aliphatic rings. The molecular formula is C25H28N4O2. The number of aryl methyl sites for hydroxylation is 1. The number of hydrogen-bond donors (Lipinski definition) is 2. The SMILES string of the molecule is CC(C)n1c(CCCCCNC(=O)c2cc(=O)[nH]c3ccccc23)nc2ccccc21. The molecule has 4 rings (SSSR count). The first-order valence-electron chi connectivity index (χ1n) is 10.9. The van der Waals surface area contributed by atoms with Crippen molar-refractivity contribution < 1.29 is 4.79 Å². The highest BCUT2D eigenvalue weighted by Gasteiger charge is 2.13. The number of para-hydroxylation sites is 3. The first kappa shape index (κ1) is 20.8. The normalized spacial score (nSPS) is 11.5. The maximum atomic E-state index is 12.6. The Morgan fingerprint density at radius 3 is 2.68 bits per heavy atom.